The van der Waals surface area contributed by atoms with Gasteiger partial charge in [-0.25, -0.2) is 9.48 Å². The summed E-state index contributed by atoms with van der Waals surface area (Å²) in [6, 6.07) is 14.9. The zero-order chi connectivity index (χ0) is 22.2. The molecule has 8 heteroatoms. The van der Waals surface area contributed by atoms with Crippen LogP contribution in [0.25, 0.3) is 16.6 Å². The van der Waals surface area contributed by atoms with Gasteiger partial charge in [-0.15, -0.1) is 0 Å². The number of hydrogen-bond donors (Lipinski definition) is 2. The van der Waals surface area contributed by atoms with Crippen molar-refractivity contribution in [3.8, 4) is 5.69 Å². The number of nitrogens with one attached hydrogen (secondary N) is 2. The van der Waals surface area contributed by atoms with Crippen LogP contribution < -0.4 is 10.6 Å². The van der Waals surface area contributed by atoms with Crippen molar-refractivity contribution < 1.29 is 4.79 Å². The fourth-order valence-corrected chi connectivity index (χ4v) is 3.54. The van der Waals surface area contributed by atoms with Gasteiger partial charge >= 0.3 is 6.03 Å². The molecule has 0 spiro atoms. The summed E-state index contributed by atoms with van der Waals surface area (Å²) in [5.41, 5.74) is 4.06. The Bertz CT molecular complexity index is 1250. The number of urea groups is 1. The molecule has 2 amide bonds. The number of aryl methyl sites for hydroxylation is 1. The normalized spacial score (nSPS) is 11.6. The summed E-state index contributed by atoms with van der Waals surface area (Å²) in [5, 5.41) is 16.5. The highest BCUT2D eigenvalue weighted by Gasteiger charge is 2.21. The topological polar surface area (TPSA) is 76.8 Å². The summed E-state index contributed by atoms with van der Waals surface area (Å²) in [7, 11) is 1.85. The van der Waals surface area contributed by atoms with Crippen molar-refractivity contribution in [2.45, 2.75) is 32.7 Å². The minimum atomic E-state index is -0.299. The number of carbonyl (C=O) groups is 1. The molecule has 4 rings (SSSR count). The van der Waals surface area contributed by atoms with Crippen LogP contribution in [0.4, 0.5) is 10.5 Å². The van der Waals surface area contributed by atoms with E-state index in [1.807, 2.05) is 66.5 Å². The lowest BCUT2D eigenvalue weighted by Gasteiger charge is -2.14. The van der Waals surface area contributed by atoms with Crippen LogP contribution in [0.2, 0.25) is 5.02 Å². The Morgan fingerprint density at radius 2 is 1.87 bits per heavy atom. The minimum Gasteiger partial charge on any atom is -0.332 e. The molecule has 2 heterocycles. The number of aromatic nitrogens is 4. The molecule has 0 atom stereocenters. The molecule has 160 valence electrons. The van der Waals surface area contributed by atoms with Gasteiger partial charge in [0.15, 0.2) is 0 Å². The van der Waals surface area contributed by atoms with Crippen molar-refractivity contribution >= 4 is 34.2 Å². The summed E-state index contributed by atoms with van der Waals surface area (Å²) in [6.45, 7) is 6.63. The van der Waals surface area contributed by atoms with Gasteiger partial charge in [0.1, 0.15) is 0 Å². The van der Waals surface area contributed by atoms with E-state index < -0.39 is 0 Å². The molecular formula is C23H25ClN6O. The zero-order valence-electron chi connectivity index (χ0n) is 18.0. The van der Waals surface area contributed by atoms with Crippen LogP contribution in [0.5, 0.6) is 0 Å². The van der Waals surface area contributed by atoms with Crippen LogP contribution in [0, 0.1) is 0 Å². The van der Waals surface area contributed by atoms with Crippen LogP contribution >= 0.6 is 11.6 Å². The van der Waals surface area contributed by atoms with Crippen LogP contribution in [0.1, 0.15) is 32.2 Å². The highest BCUT2D eigenvalue weighted by Crippen LogP contribution is 2.25. The second kappa shape index (κ2) is 8.07. The monoisotopic (exact) mass is 436 g/mol. The molecule has 0 bridgehead atoms. The van der Waals surface area contributed by atoms with Crippen molar-refractivity contribution in [2.24, 2.45) is 7.05 Å². The number of rotatable bonds is 4. The highest BCUT2D eigenvalue weighted by atomic mass is 35.5. The first kappa shape index (κ1) is 20.9. The number of amides is 2. The van der Waals surface area contributed by atoms with Gasteiger partial charge in [0.25, 0.3) is 0 Å². The summed E-state index contributed by atoms with van der Waals surface area (Å²) >= 11 is 6.18. The third-order valence-electron chi connectivity index (χ3n) is 4.95. The molecule has 0 fully saturated rings. The fraction of sp³-hybridized carbons (Fsp3) is 0.261. The molecule has 4 aromatic rings. The van der Waals surface area contributed by atoms with Gasteiger partial charge in [-0.2, -0.15) is 10.2 Å². The van der Waals surface area contributed by atoms with Crippen LogP contribution in [-0.4, -0.2) is 25.6 Å². The van der Waals surface area contributed by atoms with E-state index in [2.05, 4.69) is 36.5 Å². The first-order chi connectivity index (χ1) is 14.7. The quantitative estimate of drug-likeness (QED) is 0.471. The average molecular weight is 437 g/mol. The lowest BCUT2D eigenvalue weighted by molar-refractivity contribution is 0.251. The molecule has 0 aliphatic heterocycles. The Labute approximate surface area is 186 Å². The van der Waals surface area contributed by atoms with Crippen molar-refractivity contribution in [3.63, 3.8) is 0 Å². The standard InChI is InChI=1S/C23H25ClN6O/c1-23(2,3)21-12-17(30(28-21)16-8-5-7-15(24)11-16)13-25-22(31)26-19-9-6-10-20-18(19)14-29(4)27-20/h5-12,14H,13H2,1-4H3,(H2,25,26,31). The van der Waals surface area contributed by atoms with E-state index in [1.165, 1.54) is 0 Å². The summed E-state index contributed by atoms with van der Waals surface area (Å²) in [6.07, 6.45) is 1.88. The Kier molecular flexibility index (Phi) is 5.45. The lowest BCUT2D eigenvalue weighted by atomic mass is 9.92. The van der Waals surface area contributed by atoms with Crippen molar-refractivity contribution in [2.75, 3.05) is 5.32 Å². The van der Waals surface area contributed by atoms with Crippen molar-refractivity contribution in [1.82, 2.24) is 24.9 Å². The number of anilines is 1. The Morgan fingerprint density at radius 3 is 2.61 bits per heavy atom. The number of nitrogens with zero attached hydrogens (tertiary/aromatic N) is 4. The molecule has 7 nitrogen and oxygen atoms in total. The smallest absolute Gasteiger partial charge is 0.319 e. The van der Waals surface area contributed by atoms with Gasteiger partial charge in [-0.05, 0) is 36.4 Å². The van der Waals surface area contributed by atoms with Crippen molar-refractivity contribution in [3.05, 3.63) is 71.1 Å². The molecule has 0 unspecified atom stereocenters. The maximum atomic E-state index is 12.6. The molecule has 2 aromatic carbocycles. The first-order valence-electron chi connectivity index (χ1n) is 10.0. The minimum absolute atomic E-state index is 0.128. The lowest BCUT2D eigenvalue weighted by Crippen LogP contribution is -2.29. The average Bonchev–Trinajstić information content (AvgIpc) is 3.30. The Morgan fingerprint density at radius 1 is 1.10 bits per heavy atom. The highest BCUT2D eigenvalue weighted by molar-refractivity contribution is 6.30. The van der Waals surface area contributed by atoms with Gasteiger partial charge in [0, 0.05) is 29.1 Å². The second-order valence-corrected chi connectivity index (χ2v) is 8.95. The van der Waals surface area contributed by atoms with Crippen LogP contribution in [-0.2, 0) is 19.0 Å². The summed E-state index contributed by atoms with van der Waals surface area (Å²) in [5.74, 6) is 0. The molecule has 0 aliphatic carbocycles. The molecule has 2 N–H and O–H groups in total. The second-order valence-electron chi connectivity index (χ2n) is 8.51. The summed E-state index contributed by atoms with van der Waals surface area (Å²) < 4.78 is 3.56. The Hall–Kier alpha value is -3.32. The van der Waals surface area contributed by atoms with E-state index in [0.29, 0.717) is 17.3 Å². The molecular weight excluding hydrogens is 412 g/mol. The number of halogens is 1. The molecule has 0 saturated carbocycles. The maximum Gasteiger partial charge on any atom is 0.319 e. The Balaban J connectivity index is 1.56. The SMILES string of the molecule is Cn1cc2c(NC(=O)NCc3cc(C(C)(C)C)nn3-c3cccc(Cl)c3)cccc2n1. The molecule has 0 radical (unpaired) electrons. The number of carbonyl (C=O) groups excluding carboxylic acids is 1. The molecule has 0 aliphatic rings. The van der Waals surface area contributed by atoms with E-state index in [1.54, 1.807) is 4.68 Å². The van der Waals surface area contributed by atoms with Gasteiger partial charge in [-0.3, -0.25) is 4.68 Å². The van der Waals surface area contributed by atoms with Crippen LogP contribution in [0.3, 0.4) is 0 Å². The fourth-order valence-electron chi connectivity index (χ4n) is 3.35. The van der Waals surface area contributed by atoms with Gasteiger partial charge in [-0.1, -0.05) is 44.5 Å². The van der Waals surface area contributed by atoms with Gasteiger partial charge in [0.2, 0.25) is 0 Å². The zero-order valence-corrected chi connectivity index (χ0v) is 18.7. The predicted octanol–water partition coefficient (Wildman–Crippen LogP) is 5.03. The first-order valence-corrected chi connectivity index (χ1v) is 10.4. The number of fused-ring (bicyclic) bond motifs is 1. The van der Waals surface area contributed by atoms with E-state index in [0.717, 1.165) is 28.0 Å². The molecule has 31 heavy (non-hydrogen) atoms. The van der Waals surface area contributed by atoms with Gasteiger partial charge in [0.05, 0.1) is 34.8 Å². The molecule has 0 saturated heterocycles. The largest absolute Gasteiger partial charge is 0.332 e. The van der Waals surface area contributed by atoms with Gasteiger partial charge < -0.3 is 10.6 Å². The number of benzene rings is 2. The third kappa shape index (κ3) is 4.56. The van der Waals surface area contributed by atoms with E-state index in [-0.39, 0.29) is 11.4 Å². The molecule has 2 aromatic heterocycles. The van der Waals surface area contributed by atoms with Crippen molar-refractivity contribution in [1.29, 1.82) is 0 Å². The number of hydrogen-bond acceptors (Lipinski definition) is 3. The predicted molar refractivity (Wildman–Crippen MR) is 124 cm³/mol. The van der Waals surface area contributed by atoms with E-state index in [4.69, 9.17) is 16.7 Å². The summed E-state index contributed by atoms with van der Waals surface area (Å²) in [4.78, 5) is 12.6. The van der Waals surface area contributed by atoms with Crippen LogP contribution in [0.15, 0.2) is 54.7 Å². The maximum absolute atomic E-state index is 12.6. The third-order valence-corrected chi connectivity index (χ3v) is 5.18. The van der Waals surface area contributed by atoms with E-state index in [9.17, 15) is 4.79 Å². The van der Waals surface area contributed by atoms with E-state index >= 15 is 0 Å².